The number of nitrogens with zero attached hydrogens (tertiary/aromatic N) is 2. The summed E-state index contributed by atoms with van der Waals surface area (Å²) in [5.74, 6) is -2.06. The summed E-state index contributed by atoms with van der Waals surface area (Å²) in [7, 11) is -3.84. The molecule has 26 heavy (non-hydrogen) atoms. The number of benzene rings is 2. The zero-order valence-corrected chi connectivity index (χ0v) is 16.8. The fourth-order valence-electron chi connectivity index (χ4n) is 2.33. The van der Waals surface area contributed by atoms with Gasteiger partial charge in [-0.25, -0.2) is 22.2 Å². The summed E-state index contributed by atoms with van der Waals surface area (Å²) in [5, 5.41) is 5.47. The number of hydrogen-bond donors (Lipinski definition) is 1. The number of amides is 1. The molecule has 0 atom stereocenters. The first-order valence-electron chi connectivity index (χ1n) is 6.92. The van der Waals surface area contributed by atoms with E-state index in [2.05, 4.69) is 21.0 Å². The predicted molar refractivity (Wildman–Crippen MR) is 101 cm³/mol. The minimum Gasteiger partial charge on any atom is -0.268 e. The highest BCUT2D eigenvalue weighted by Crippen LogP contribution is 2.32. The lowest BCUT2D eigenvalue weighted by Crippen LogP contribution is -2.30. The van der Waals surface area contributed by atoms with Crippen LogP contribution in [0.25, 0.3) is 16.6 Å². The van der Waals surface area contributed by atoms with Gasteiger partial charge in [-0.1, -0.05) is 23.2 Å². The van der Waals surface area contributed by atoms with Gasteiger partial charge in [0.15, 0.2) is 0 Å². The molecule has 0 fully saturated rings. The Labute approximate surface area is 166 Å². The molecule has 0 bridgehead atoms. The molecule has 1 amide bonds. The minimum absolute atomic E-state index is 0.0110. The Bertz CT molecular complexity index is 1160. The van der Waals surface area contributed by atoms with Crippen molar-refractivity contribution in [3.05, 3.63) is 56.4 Å². The highest BCUT2D eigenvalue weighted by atomic mass is 79.9. The van der Waals surface area contributed by atoms with E-state index in [9.17, 15) is 17.6 Å². The predicted octanol–water partition coefficient (Wildman–Crippen LogP) is 3.92. The second-order valence-electron chi connectivity index (χ2n) is 5.35. The molecule has 0 saturated heterocycles. The van der Waals surface area contributed by atoms with E-state index in [1.54, 1.807) is 22.9 Å². The molecule has 3 rings (SSSR count). The Morgan fingerprint density at radius 2 is 1.96 bits per heavy atom. The van der Waals surface area contributed by atoms with Crippen LogP contribution in [0.1, 0.15) is 10.4 Å². The number of halogens is 4. The van der Waals surface area contributed by atoms with Crippen LogP contribution in [0.15, 0.2) is 34.9 Å². The second-order valence-corrected chi connectivity index (χ2v) is 8.69. The van der Waals surface area contributed by atoms with Gasteiger partial charge < -0.3 is 0 Å². The van der Waals surface area contributed by atoms with E-state index in [4.69, 9.17) is 23.2 Å². The van der Waals surface area contributed by atoms with E-state index in [0.717, 1.165) is 18.4 Å². The molecule has 11 heteroatoms. The van der Waals surface area contributed by atoms with Crippen molar-refractivity contribution in [2.24, 2.45) is 0 Å². The molecular formula is C15H9BrCl2FN3O3S. The van der Waals surface area contributed by atoms with Gasteiger partial charge in [-0.3, -0.25) is 4.79 Å². The molecule has 0 spiro atoms. The third-order valence-corrected chi connectivity index (χ3v) is 5.06. The lowest BCUT2D eigenvalue weighted by molar-refractivity contribution is 0.0978. The molecule has 0 aliphatic carbocycles. The molecule has 136 valence electrons. The molecular weight excluding hydrogens is 472 g/mol. The number of rotatable bonds is 3. The van der Waals surface area contributed by atoms with Crippen molar-refractivity contribution < 1.29 is 17.6 Å². The van der Waals surface area contributed by atoms with Crippen molar-refractivity contribution in [2.75, 3.05) is 6.26 Å². The van der Waals surface area contributed by atoms with Gasteiger partial charge in [0.05, 0.1) is 28.0 Å². The largest absolute Gasteiger partial charge is 0.268 e. The average molecular weight is 481 g/mol. The molecule has 0 saturated carbocycles. The van der Waals surface area contributed by atoms with Gasteiger partial charge >= 0.3 is 0 Å². The van der Waals surface area contributed by atoms with E-state index in [1.165, 1.54) is 4.68 Å². The fourth-order valence-corrected chi connectivity index (χ4v) is 3.67. The number of aromatic nitrogens is 2. The van der Waals surface area contributed by atoms with Gasteiger partial charge in [-0.05, 0) is 40.2 Å². The van der Waals surface area contributed by atoms with E-state index < -0.39 is 27.3 Å². The monoisotopic (exact) mass is 479 g/mol. The van der Waals surface area contributed by atoms with E-state index in [1.807, 2.05) is 0 Å². The maximum Gasteiger partial charge on any atom is 0.267 e. The van der Waals surface area contributed by atoms with Gasteiger partial charge in [0, 0.05) is 16.5 Å². The normalized spacial score (nSPS) is 11.7. The van der Waals surface area contributed by atoms with Crippen LogP contribution in [0.5, 0.6) is 0 Å². The number of hydrogen-bond acceptors (Lipinski definition) is 4. The quantitative estimate of drug-likeness (QED) is 0.615. The second kappa shape index (κ2) is 6.80. The summed E-state index contributed by atoms with van der Waals surface area (Å²) in [6.45, 7) is 0. The van der Waals surface area contributed by atoms with Crippen LogP contribution in [0.4, 0.5) is 4.39 Å². The summed E-state index contributed by atoms with van der Waals surface area (Å²) in [4.78, 5) is 11.9. The smallest absolute Gasteiger partial charge is 0.267 e. The van der Waals surface area contributed by atoms with E-state index in [0.29, 0.717) is 20.5 Å². The Hall–Kier alpha value is -1.68. The third-order valence-electron chi connectivity index (χ3n) is 3.38. The maximum absolute atomic E-state index is 14.4. The Kier molecular flexibility index (Phi) is 5.00. The van der Waals surface area contributed by atoms with Crippen molar-refractivity contribution in [3.63, 3.8) is 0 Å². The van der Waals surface area contributed by atoms with Crippen molar-refractivity contribution in [3.8, 4) is 5.69 Å². The highest BCUT2D eigenvalue weighted by molar-refractivity contribution is 9.10. The standard InChI is InChI=1S/C15H9BrCl2FN3O3S/c1-26(24,25)21-15(23)8-5-10(18)13(6-11(8)19)22-12-3-2-7(17)4-9(12)14(16)20-22/h2-6H,1H3,(H,21,23). The van der Waals surface area contributed by atoms with Gasteiger partial charge in [0.25, 0.3) is 5.91 Å². The molecule has 0 aliphatic rings. The van der Waals surface area contributed by atoms with Crippen molar-refractivity contribution in [2.45, 2.75) is 0 Å². The average Bonchev–Trinajstić information content (AvgIpc) is 2.84. The number of carbonyl (C=O) groups is 1. The van der Waals surface area contributed by atoms with Crippen molar-refractivity contribution >= 4 is 66.0 Å². The molecule has 1 N–H and O–H groups in total. The van der Waals surface area contributed by atoms with E-state index in [-0.39, 0.29) is 10.7 Å². The minimum atomic E-state index is -3.84. The Morgan fingerprint density at radius 1 is 1.27 bits per heavy atom. The summed E-state index contributed by atoms with van der Waals surface area (Å²) in [6.07, 6.45) is 0.789. The lowest BCUT2D eigenvalue weighted by Gasteiger charge is -2.10. The zero-order valence-electron chi connectivity index (χ0n) is 12.9. The molecule has 1 aromatic heterocycles. The van der Waals surface area contributed by atoms with Crippen molar-refractivity contribution in [1.29, 1.82) is 0 Å². The van der Waals surface area contributed by atoms with Gasteiger partial charge in [-0.2, -0.15) is 5.10 Å². The summed E-state index contributed by atoms with van der Waals surface area (Å²) < 4.78 is 40.3. The topological polar surface area (TPSA) is 81.1 Å². The molecule has 2 aromatic carbocycles. The summed E-state index contributed by atoms with van der Waals surface area (Å²) in [5.41, 5.74) is 0.289. The number of carbonyl (C=O) groups excluding carboxylic acids is 1. The van der Waals surface area contributed by atoms with Gasteiger partial charge in [-0.15, -0.1) is 0 Å². The van der Waals surface area contributed by atoms with Crippen molar-refractivity contribution in [1.82, 2.24) is 14.5 Å². The lowest BCUT2D eigenvalue weighted by atomic mass is 10.1. The molecule has 0 unspecified atom stereocenters. The van der Waals surface area contributed by atoms with Gasteiger partial charge in [0.2, 0.25) is 10.0 Å². The van der Waals surface area contributed by atoms with E-state index >= 15 is 0 Å². The van der Waals surface area contributed by atoms with Crippen LogP contribution in [0.2, 0.25) is 10.0 Å². The first-order valence-corrected chi connectivity index (χ1v) is 10.4. The SMILES string of the molecule is CS(=O)(=O)NC(=O)c1cc(Cl)c(-n2nc(Br)c3cc(Cl)ccc32)cc1F. The van der Waals surface area contributed by atoms with Crippen LogP contribution in [-0.2, 0) is 10.0 Å². The first-order chi connectivity index (χ1) is 12.1. The molecule has 3 aromatic rings. The molecule has 1 heterocycles. The highest BCUT2D eigenvalue weighted by Gasteiger charge is 2.20. The fraction of sp³-hybridized carbons (Fsp3) is 0.0667. The number of fused-ring (bicyclic) bond motifs is 1. The Balaban J connectivity index is 2.14. The molecule has 6 nitrogen and oxygen atoms in total. The first kappa shape index (κ1) is 19.1. The Morgan fingerprint density at radius 3 is 2.62 bits per heavy atom. The summed E-state index contributed by atoms with van der Waals surface area (Å²) in [6, 6.07) is 7.07. The molecule has 0 radical (unpaired) electrons. The zero-order chi connectivity index (χ0) is 19.2. The van der Waals surface area contributed by atoms with Crippen LogP contribution in [0, 0.1) is 5.82 Å². The van der Waals surface area contributed by atoms with Crippen LogP contribution in [-0.4, -0.2) is 30.4 Å². The third kappa shape index (κ3) is 3.71. The summed E-state index contributed by atoms with van der Waals surface area (Å²) >= 11 is 15.5. The van der Waals surface area contributed by atoms with Crippen LogP contribution < -0.4 is 4.72 Å². The number of sulfonamides is 1. The number of nitrogens with one attached hydrogen (secondary N) is 1. The van der Waals surface area contributed by atoms with Crippen LogP contribution in [0.3, 0.4) is 0 Å². The maximum atomic E-state index is 14.4. The molecule has 0 aliphatic heterocycles. The van der Waals surface area contributed by atoms with Gasteiger partial charge in [0.1, 0.15) is 10.4 Å². The van der Waals surface area contributed by atoms with Crippen LogP contribution >= 0.6 is 39.1 Å².